The fourth-order valence-corrected chi connectivity index (χ4v) is 4.31. The zero-order chi connectivity index (χ0) is 18.3. The topological polar surface area (TPSA) is 49.8 Å². The van der Waals surface area contributed by atoms with Crippen LogP contribution in [0.3, 0.4) is 0 Å². The number of esters is 1. The molecule has 1 atom stereocenters. The lowest BCUT2D eigenvalue weighted by Gasteiger charge is -2.36. The Labute approximate surface area is 161 Å². The van der Waals surface area contributed by atoms with E-state index in [0.29, 0.717) is 12.1 Å². The Kier molecular flexibility index (Phi) is 4.59. The maximum Gasteiger partial charge on any atom is 0.337 e. The lowest BCUT2D eigenvalue weighted by molar-refractivity contribution is -0.136. The smallest absolute Gasteiger partial charge is 0.337 e. The van der Waals surface area contributed by atoms with E-state index in [1.54, 1.807) is 0 Å². The van der Waals surface area contributed by atoms with Crippen LogP contribution in [-0.2, 0) is 16.0 Å². The second kappa shape index (κ2) is 6.89. The first-order valence-electron chi connectivity index (χ1n) is 8.81. The van der Waals surface area contributed by atoms with Crippen LogP contribution in [-0.4, -0.2) is 30.8 Å². The van der Waals surface area contributed by atoms with Gasteiger partial charge in [0.05, 0.1) is 17.9 Å². The van der Waals surface area contributed by atoms with E-state index in [1.807, 2.05) is 23.1 Å². The fourth-order valence-electron chi connectivity index (χ4n) is 3.89. The lowest BCUT2D eigenvalue weighted by Crippen LogP contribution is -2.33. The van der Waals surface area contributed by atoms with E-state index < -0.39 is 0 Å². The number of aliphatic hydroxyl groups excluding tert-OH is 1. The lowest BCUT2D eigenvalue weighted by atomic mass is 9.80. The number of halogens is 1. The second-order valence-electron chi connectivity index (χ2n) is 6.55. The Bertz CT molecular complexity index is 906. The van der Waals surface area contributed by atoms with E-state index in [-0.39, 0.29) is 25.1 Å². The number of hydrogen-bond donors (Lipinski definition) is 1. The molecule has 4 rings (SSSR count). The summed E-state index contributed by atoms with van der Waals surface area (Å²) in [5.74, 6) is -0.425. The van der Waals surface area contributed by atoms with Crippen molar-refractivity contribution in [2.75, 3.05) is 24.7 Å². The molecule has 2 aromatic carbocycles. The average Bonchev–Trinajstić information content (AvgIpc) is 3.03. The number of hydrogen-bond acceptors (Lipinski definition) is 4. The van der Waals surface area contributed by atoms with E-state index in [0.717, 1.165) is 33.4 Å². The Balaban J connectivity index is 1.96. The molecule has 0 amide bonds. The maximum absolute atomic E-state index is 12.6. The van der Waals surface area contributed by atoms with Gasteiger partial charge in [-0.1, -0.05) is 47.1 Å². The zero-order valence-corrected chi connectivity index (χ0v) is 16.1. The van der Waals surface area contributed by atoms with Gasteiger partial charge in [0.1, 0.15) is 6.61 Å². The van der Waals surface area contributed by atoms with Crippen LogP contribution in [0.15, 0.2) is 58.2 Å². The highest BCUT2D eigenvalue weighted by Crippen LogP contribution is 2.47. The van der Waals surface area contributed by atoms with Gasteiger partial charge < -0.3 is 14.7 Å². The minimum atomic E-state index is -0.266. The highest BCUT2D eigenvalue weighted by atomic mass is 79.9. The molecule has 0 spiro atoms. The maximum atomic E-state index is 12.6. The van der Waals surface area contributed by atoms with E-state index in [2.05, 4.69) is 47.1 Å². The number of nitrogens with zero attached hydrogens (tertiary/aromatic N) is 1. The molecular formula is C21H20BrNO3. The van der Waals surface area contributed by atoms with Crippen molar-refractivity contribution in [2.45, 2.75) is 19.3 Å². The van der Waals surface area contributed by atoms with Crippen molar-refractivity contribution in [3.8, 4) is 0 Å². The largest absolute Gasteiger partial charge is 0.456 e. The van der Waals surface area contributed by atoms with Crippen molar-refractivity contribution >= 4 is 27.6 Å². The molecule has 1 N–H and O–H groups in total. The SMILES string of the molecule is CCc1ccc2c(c1)N(CCO)C1=C(C(=O)OC1)C2c1cccc(Br)c1. The van der Waals surface area contributed by atoms with Crippen molar-refractivity contribution in [1.29, 1.82) is 0 Å². The average molecular weight is 414 g/mol. The van der Waals surface area contributed by atoms with Crippen molar-refractivity contribution in [3.05, 3.63) is 74.9 Å². The normalized spacial score (nSPS) is 18.7. The number of aliphatic hydroxyl groups is 1. The van der Waals surface area contributed by atoms with Crippen LogP contribution in [0, 0.1) is 0 Å². The van der Waals surface area contributed by atoms with Gasteiger partial charge in [0.25, 0.3) is 0 Å². The van der Waals surface area contributed by atoms with Crippen molar-refractivity contribution in [1.82, 2.24) is 0 Å². The fraction of sp³-hybridized carbons (Fsp3) is 0.286. The summed E-state index contributed by atoms with van der Waals surface area (Å²) in [4.78, 5) is 14.6. The molecule has 5 heteroatoms. The number of β-amino-alcohol motifs (C(OH)–C–C–N with tert-alkyl or cyclic N) is 1. The molecule has 2 aliphatic rings. The number of carbonyl (C=O) groups is 1. The van der Waals surface area contributed by atoms with Crippen molar-refractivity contribution in [2.24, 2.45) is 0 Å². The molecule has 0 fully saturated rings. The van der Waals surface area contributed by atoms with Crippen LogP contribution < -0.4 is 4.90 Å². The standard InChI is InChI=1S/C21H20BrNO3/c1-2-13-6-7-16-17(10-13)23(8-9-24)18-12-26-21(25)20(18)19(16)14-4-3-5-15(22)11-14/h3-7,10-11,19,24H,2,8-9,12H2,1H3. The molecule has 0 saturated carbocycles. The summed E-state index contributed by atoms with van der Waals surface area (Å²) in [7, 11) is 0. The molecule has 0 aromatic heterocycles. The third-order valence-electron chi connectivity index (χ3n) is 5.10. The Morgan fingerprint density at radius 1 is 1.27 bits per heavy atom. The van der Waals surface area contributed by atoms with E-state index in [4.69, 9.17) is 4.74 Å². The van der Waals surface area contributed by atoms with Crippen LogP contribution in [0.1, 0.15) is 29.5 Å². The number of carbonyl (C=O) groups excluding carboxylic acids is 1. The molecule has 0 aliphatic carbocycles. The van der Waals surface area contributed by atoms with Gasteiger partial charge in [-0.15, -0.1) is 0 Å². The molecule has 4 nitrogen and oxygen atoms in total. The second-order valence-corrected chi connectivity index (χ2v) is 7.46. The molecule has 1 unspecified atom stereocenters. The van der Waals surface area contributed by atoms with Gasteiger partial charge in [-0.05, 0) is 41.3 Å². The van der Waals surface area contributed by atoms with Gasteiger partial charge in [0, 0.05) is 22.6 Å². The summed E-state index contributed by atoms with van der Waals surface area (Å²) in [5.41, 5.74) is 5.98. The molecule has 0 radical (unpaired) electrons. The van der Waals surface area contributed by atoms with Crippen molar-refractivity contribution in [3.63, 3.8) is 0 Å². The van der Waals surface area contributed by atoms with Gasteiger partial charge in [0.15, 0.2) is 0 Å². The van der Waals surface area contributed by atoms with Gasteiger partial charge in [0.2, 0.25) is 0 Å². The molecular weight excluding hydrogens is 394 g/mol. The van der Waals surface area contributed by atoms with Gasteiger partial charge in [-0.3, -0.25) is 0 Å². The van der Waals surface area contributed by atoms with E-state index >= 15 is 0 Å². The number of benzene rings is 2. The summed E-state index contributed by atoms with van der Waals surface area (Å²) in [6.07, 6.45) is 0.934. The third kappa shape index (κ3) is 2.75. The predicted molar refractivity (Wildman–Crippen MR) is 104 cm³/mol. The molecule has 134 valence electrons. The first kappa shape index (κ1) is 17.3. The van der Waals surface area contributed by atoms with Gasteiger partial charge in [-0.25, -0.2) is 4.79 Å². The number of aryl methyl sites for hydroxylation is 1. The molecule has 0 saturated heterocycles. The first-order chi connectivity index (χ1) is 12.6. The zero-order valence-electron chi connectivity index (χ0n) is 14.5. The number of ether oxygens (including phenoxy) is 1. The predicted octanol–water partition coefficient (Wildman–Crippen LogP) is 3.77. The summed E-state index contributed by atoms with van der Waals surface area (Å²) >= 11 is 3.54. The number of fused-ring (bicyclic) bond motifs is 1. The molecule has 0 bridgehead atoms. The molecule has 2 aromatic rings. The van der Waals surface area contributed by atoms with E-state index in [9.17, 15) is 9.90 Å². The Morgan fingerprint density at radius 3 is 2.85 bits per heavy atom. The molecule has 2 heterocycles. The number of anilines is 1. The van der Waals surface area contributed by atoms with Crippen LogP contribution >= 0.6 is 15.9 Å². The summed E-state index contributed by atoms with van der Waals surface area (Å²) in [6, 6.07) is 14.5. The summed E-state index contributed by atoms with van der Waals surface area (Å²) in [5, 5.41) is 9.58. The van der Waals surface area contributed by atoms with E-state index in [1.165, 1.54) is 5.56 Å². The third-order valence-corrected chi connectivity index (χ3v) is 5.59. The minimum Gasteiger partial charge on any atom is -0.456 e. The van der Waals surface area contributed by atoms with Crippen LogP contribution in [0.5, 0.6) is 0 Å². The first-order valence-corrected chi connectivity index (χ1v) is 9.60. The number of rotatable bonds is 4. The Hall–Kier alpha value is -2.11. The van der Waals surface area contributed by atoms with Crippen molar-refractivity contribution < 1.29 is 14.6 Å². The highest BCUT2D eigenvalue weighted by molar-refractivity contribution is 9.10. The highest BCUT2D eigenvalue weighted by Gasteiger charge is 2.41. The quantitative estimate of drug-likeness (QED) is 0.775. The minimum absolute atomic E-state index is 0.0162. The Morgan fingerprint density at radius 2 is 2.12 bits per heavy atom. The molecule has 2 aliphatic heterocycles. The number of cyclic esters (lactones) is 1. The van der Waals surface area contributed by atoms with Gasteiger partial charge >= 0.3 is 5.97 Å². The van der Waals surface area contributed by atoms with Crippen LogP contribution in [0.2, 0.25) is 0 Å². The summed E-state index contributed by atoms with van der Waals surface area (Å²) in [6.45, 7) is 2.84. The monoisotopic (exact) mass is 413 g/mol. The van der Waals surface area contributed by atoms with Gasteiger partial charge in [-0.2, -0.15) is 0 Å². The van der Waals surface area contributed by atoms with Crippen LogP contribution in [0.25, 0.3) is 0 Å². The summed E-state index contributed by atoms with van der Waals surface area (Å²) < 4.78 is 6.38. The molecule has 26 heavy (non-hydrogen) atoms. The van der Waals surface area contributed by atoms with Crippen LogP contribution in [0.4, 0.5) is 5.69 Å².